The molecule has 0 aliphatic rings. The number of nitrogens with zero attached hydrogens (tertiary/aromatic N) is 2. The maximum Gasteiger partial charge on any atom is 0.313 e. The molecule has 7 heteroatoms. The number of thioether (sulfide) groups is 1. The van der Waals surface area contributed by atoms with Crippen LogP contribution in [0.4, 0.5) is 5.13 Å². The lowest BCUT2D eigenvalue weighted by molar-refractivity contribution is -0.133. The highest BCUT2D eigenvalue weighted by molar-refractivity contribution is 8.01. The molecule has 0 fully saturated rings. The van der Waals surface area contributed by atoms with E-state index in [1.807, 2.05) is 12.1 Å². The van der Waals surface area contributed by atoms with E-state index in [0.29, 0.717) is 16.0 Å². The highest BCUT2D eigenvalue weighted by atomic mass is 32.2. The molecule has 0 spiro atoms. The van der Waals surface area contributed by atoms with Crippen LogP contribution in [0.3, 0.4) is 0 Å². The van der Waals surface area contributed by atoms with Crippen molar-refractivity contribution in [3.05, 3.63) is 35.4 Å². The molecule has 2 aromatic rings. The number of nitrogens with one attached hydrogen (secondary N) is 1. The zero-order valence-electron chi connectivity index (χ0n) is 11.0. The maximum atomic E-state index is 10.5. The molecule has 106 valence electrons. The van der Waals surface area contributed by atoms with E-state index in [1.165, 1.54) is 34.2 Å². The number of aryl methyl sites for hydroxylation is 1. The van der Waals surface area contributed by atoms with Crippen molar-refractivity contribution >= 4 is 34.2 Å². The van der Waals surface area contributed by atoms with E-state index < -0.39 is 5.97 Å². The average molecular weight is 309 g/mol. The highest BCUT2D eigenvalue weighted by Gasteiger charge is 2.07. The van der Waals surface area contributed by atoms with E-state index in [1.54, 1.807) is 0 Å². The first kappa shape index (κ1) is 14.8. The van der Waals surface area contributed by atoms with Gasteiger partial charge in [-0.25, -0.2) is 0 Å². The minimum atomic E-state index is -0.850. The summed E-state index contributed by atoms with van der Waals surface area (Å²) >= 11 is 2.56. The minimum Gasteiger partial charge on any atom is -0.481 e. The molecule has 0 unspecified atom stereocenters. The summed E-state index contributed by atoms with van der Waals surface area (Å²) in [5.74, 6) is -0.843. The summed E-state index contributed by atoms with van der Waals surface area (Å²) in [7, 11) is 0. The molecule has 1 aromatic heterocycles. The lowest BCUT2D eigenvalue weighted by atomic mass is 10.1. The molecular weight excluding hydrogens is 294 g/mol. The van der Waals surface area contributed by atoms with Crippen LogP contribution in [0, 0.1) is 0 Å². The number of aliphatic carboxylic acids is 1. The number of hydrogen-bond donors (Lipinski definition) is 2. The molecular formula is C13H15N3O2S2. The first-order chi connectivity index (χ1) is 9.69. The Bertz CT molecular complexity index is 587. The van der Waals surface area contributed by atoms with Gasteiger partial charge in [-0.3, -0.25) is 4.79 Å². The Morgan fingerprint density at radius 2 is 2.10 bits per heavy atom. The summed E-state index contributed by atoms with van der Waals surface area (Å²) in [4.78, 5) is 10.5. The van der Waals surface area contributed by atoms with Crippen molar-refractivity contribution in [1.82, 2.24) is 10.2 Å². The van der Waals surface area contributed by atoms with Crippen molar-refractivity contribution in [3.8, 4) is 0 Å². The molecule has 0 atom stereocenters. The third kappa shape index (κ3) is 4.21. The molecule has 0 radical (unpaired) electrons. The van der Waals surface area contributed by atoms with Crippen LogP contribution in [0.5, 0.6) is 0 Å². The summed E-state index contributed by atoms with van der Waals surface area (Å²) in [6, 6.07) is 8.26. The summed E-state index contributed by atoms with van der Waals surface area (Å²) in [5.41, 5.74) is 2.55. The molecule has 2 rings (SSSR count). The van der Waals surface area contributed by atoms with Crippen molar-refractivity contribution in [2.45, 2.75) is 24.2 Å². The molecule has 2 N–H and O–H groups in total. The molecule has 0 saturated carbocycles. The van der Waals surface area contributed by atoms with Gasteiger partial charge < -0.3 is 10.4 Å². The Morgan fingerprint density at radius 1 is 1.35 bits per heavy atom. The summed E-state index contributed by atoms with van der Waals surface area (Å²) in [6.45, 7) is 2.83. The second-order valence-electron chi connectivity index (χ2n) is 4.03. The van der Waals surface area contributed by atoms with Gasteiger partial charge in [0, 0.05) is 6.54 Å². The zero-order valence-corrected chi connectivity index (χ0v) is 12.6. The number of benzene rings is 1. The Labute approximate surface area is 125 Å². The fraction of sp³-hybridized carbons (Fsp3) is 0.308. The van der Waals surface area contributed by atoms with E-state index >= 15 is 0 Å². The van der Waals surface area contributed by atoms with Gasteiger partial charge in [-0.2, -0.15) is 0 Å². The number of carbonyl (C=O) groups is 1. The van der Waals surface area contributed by atoms with Crippen LogP contribution in [-0.2, 0) is 17.8 Å². The molecule has 0 aliphatic heterocycles. The molecule has 1 aromatic carbocycles. The Kier molecular flexibility index (Phi) is 5.37. The zero-order chi connectivity index (χ0) is 14.4. The summed E-state index contributed by atoms with van der Waals surface area (Å²) in [5, 5.41) is 20.5. The lowest BCUT2D eigenvalue weighted by Crippen LogP contribution is -2.02. The second-order valence-corrected chi connectivity index (χ2v) is 6.23. The molecule has 0 aliphatic carbocycles. The van der Waals surface area contributed by atoms with Crippen LogP contribution in [0.15, 0.2) is 28.6 Å². The van der Waals surface area contributed by atoms with E-state index in [0.717, 1.165) is 6.42 Å². The van der Waals surface area contributed by atoms with Crippen molar-refractivity contribution in [1.29, 1.82) is 0 Å². The first-order valence-corrected chi connectivity index (χ1v) is 7.98. The Hall–Kier alpha value is -1.60. The molecule has 5 nitrogen and oxygen atoms in total. The third-order valence-corrected chi connectivity index (χ3v) is 4.65. The number of hydrogen-bond acceptors (Lipinski definition) is 6. The molecule has 20 heavy (non-hydrogen) atoms. The van der Waals surface area contributed by atoms with Gasteiger partial charge in [0.15, 0.2) is 4.34 Å². The highest BCUT2D eigenvalue weighted by Crippen LogP contribution is 2.25. The van der Waals surface area contributed by atoms with Crippen LogP contribution in [0.25, 0.3) is 0 Å². The van der Waals surface area contributed by atoms with Gasteiger partial charge in [0.1, 0.15) is 0 Å². The SMILES string of the molecule is CCc1ccccc1CNc1nnc(SCC(=O)O)s1. The van der Waals surface area contributed by atoms with E-state index in [2.05, 4.69) is 34.6 Å². The van der Waals surface area contributed by atoms with Crippen LogP contribution < -0.4 is 5.32 Å². The maximum absolute atomic E-state index is 10.5. The van der Waals surface area contributed by atoms with Crippen molar-refractivity contribution in [2.24, 2.45) is 0 Å². The predicted octanol–water partition coefficient (Wildman–Crippen LogP) is 2.89. The van der Waals surface area contributed by atoms with E-state index in [9.17, 15) is 4.79 Å². The summed E-state index contributed by atoms with van der Waals surface area (Å²) < 4.78 is 0.665. The van der Waals surface area contributed by atoms with Crippen molar-refractivity contribution in [3.63, 3.8) is 0 Å². The van der Waals surface area contributed by atoms with Crippen LogP contribution in [-0.4, -0.2) is 27.0 Å². The predicted molar refractivity (Wildman–Crippen MR) is 81.4 cm³/mol. The summed E-state index contributed by atoms with van der Waals surface area (Å²) in [6.07, 6.45) is 0.994. The minimum absolute atomic E-state index is 0.00724. The standard InChI is InChI=1S/C13H15N3O2S2/c1-2-9-5-3-4-6-10(9)7-14-12-15-16-13(20-12)19-8-11(17)18/h3-6H,2,7-8H2,1H3,(H,14,15)(H,17,18). The van der Waals surface area contributed by atoms with Crippen molar-refractivity contribution in [2.75, 3.05) is 11.1 Å². The second kappa shape index (κ2) is 7.25. The van der Waals surface area contributed by atoms with Crippen molar-refractivity contribution < 1.29 is 9.90 Å². The van der Waals surface area contributed by atoms with Crippen LogP contribution >= 0.6 is 23.1 Å². The van der Waals surface area contributed by atoms with E-state index in [4.69, 9.17) is 5.11 Å². The number of carboxylic acid groups (broad SMARTS) is 1. The topological polar surface area (TPSA) is 75.1 Å². The average Bonchev–Trinajstić information content (AvgIpc) is 2.91. The molecule has 1 heterocycles. The fourth-order valence-corrected chi connectivity index (χ4v) is 3.18. The molecule has 0 amide bonds. The largest absolute Gasteiger partial charge is 0.481 e. The van der Waals surface area contributed by atoms with Crippen LogP contribution in [0.2, 0.25) is 0 Å². The Balaban J connectivity index is 1.92. The molecule has 0 bridgehead atoms. The number of anilines is 1. The fourth-order valence-electron chi connectivity index (χ4n) is 1.71. The third-order valence-electron chi connectivity index (χ3n) is 2.65. The van der Waals surface area contributed by atoms with Gasteiger partial charge in [0.2, 0.25) is 5.13 Å². The van der Waals surface area contributed by atoms with Crippen LogP contribution in [0.1, 0.15) is 18.1 Å². The van der Waals surface area contributed by atoms with Gasteiger partial charge in [-0.15, -0.1) is 10.2 Å². The number of aromatic nitrogens is 2. The molecule has 0 saturated heterocycles. The number of rotatable bonds is 7. The number of carboxylic acids is 1. The van der Waals surface area contributed by atoms with Gasteiger partial charge in [0.25, 0.3) is 0 Å². The van der Waals surface area contributed by atoms with Gasteiger partial charge in [-0.05, 0) is 17.5 Å². The van der Waals surface area contributed by atoms with Gasteiger partial charge >= 0.3 is 5.97 Å². The Morgan fingerprint density at radius 3 is 2.80 bits per heavy atom. The smallest absolute Gasteiger partial charge is 0.313 e. The quantitative estimate of drug-likeness (QED) is 0.766. The monoisotopic (exact) mass is 309 g/mol. The van der Waals surface area contributed by atoms with Gasteiger partial charge in [0.05, 0.1) is 5.75 Å². The van der Waals surface area contributed by atoms with E-state index in [-0.39, 0.29) is 5.75 Å². The lowest BCUT2D eigenvalue weighted by Gasteiger charge is -2.07. The van der Waals surface area contributed by atoms with Gasteiger partial charge in [-0.1, -0.05) is 54.3 Å². The first-order valence-electron chi connectivity index (χ1n) is 6.17. The normalized spacial score (nSPS) is 10.4.